The Morgan fingerprint density at radius 1 is 0.347 bits per heavy atom. The normalized spacial score (nSPS) is 11.7. The Hall–Kier alpha value is -5.74. The Balaban J connectivity index is 1.34. The van der Waals surface area contributed by atoms with Gasteiger partial charge in [-0.3, -0.25) is 0 Å². The van der Waals surface area contributed by atoms with Crippen LogP contribution in [0.1, 0.15) is 0 Å². The Labute approximate surface area is 292 Å². The Bertz CT molecular complexity index is 2830. The Morgan fingerprint density at radius 2 is 0.878 bits per heavy atom. The quantitative estimate of drug-likeness (QED) is 0.178. The first-order valence-corrected chi connectivity index (χ1v) is 18.2. The molecule has 0 amide bonds. The molecular weight excluding hydrogens is 631 g/mol. The van der Waals surface area contributed by atoms with E-state index in [0.717, 1.165) is 11.4 Å². The Kier molecular flexibility index (Phi) is 6.61. The second-order valence-electron chi connectivity index (χ2n) is 12.5. The van der Waals surface area contributed by atoms with Gasteiger partial charge in [-0.25, -0.2) is 0 Å². The smallest absolute Gasteiger partial charge is 0.0718 e. The maximum Gasteiger partial charge on any atom is 0.0718 e. The number of hydrogen-bond donors (Lipinski definition) is 0. The maximum absolute atomic E-state index is 2.54. The van der Waals surface area contributed by atoms with Gasteiger partial charge < -0.3 is 4.90 Å². The average Bonchev–Trinajstić information content (AvgIpc) is 3.74. The van der Waals surface area contributed by atoms with E-state index in [1.54, 1.807) is 0 Å². The van der Waals surface area contributed by atoms with Crippen molar-refractivity contribution in [2.45, 2.75) is 0 Å². The van der Waals surface area contributed by atoms with Gasteiger partial charge in [-0.05, 0) is 52.4 Å². The molecule has 0 unspecified atom stereocenters. The second kappa shape index (κ2) is 11.5. The molecule has 3 heteroatoms. The standard InChI is InChI=1S/C46H29NS2/c1-3-13-30(14-4-1)33-27-28-41(36-18-8-7-17-35(33)36)47(32-23-24-39-37-19-9-11-21-42(37)48-44(39)29-32)45-34(31-15-5-2-6-16-31)25-26-40-38-20-10-12-22-43(38)49-46(40)45/h1-29H. The summed E-state index contributed by atoms with van der Waals surface area (Å²) in [6, 6.07) is 64.4. The molecule has 0 bridgehead atoms. The lowest BCUT2D eigenvalue weighted by Crippen LogP contribution is -2.12. The summed E-state index contributed by atoms with van der Waals surface area (Å²) in [7, 11) is 0. The molecule has 10 rings (SSSR count). The van der Waals surface area contributed by atoms with Crippen LogP contribution in [-0.2, 0) is 0 Å². The topological polar surface area (TPSA) is 3.24 Å². The molecule has 2 heterocycles. The lowest BCUT2D eigenvalue weighted by atomic mass is 9.95. The van der Waals surface area contributed by atoms with Gasteiger partial charge in [0.2, 0.25) is 0 Å². The number of rotatable bonds is 5. The maximum atomic E-state index is 2.54. The van der Waals surface area contributed by atoms with E-state index in [1.165, 1.54) is 79.1 Å². The van der Waals surface area contributed by atoms with Gasteiger partial charge in [-0.2, -0.15) is 0 Å². The van der Waals surface area contributed by atoms with Crippen molar-refractivity contribution in [3.05, 3.63) is 176 Å². The van der Waals surface area contributed by atoms with Crippen molar-refractivity contribution in [2.75, 3.05) is 4.90 Å². The first-order chi connectivity index (χ1) is 24.3. The summed E-state index contributed by atoms with van der Waals surface area (Å²) in [5.41, 5.74) is 8.41. The van der Waals surface area contributed by atoms with E-state index in [-0.39, 0.29) is 0 Å². The molecule has 1 nitrogen and oxygen atoms in total. The van der Waals surface area contributed by atoms with Gasteiger partial charge in [0.15, 0.2) is 0 Å². The minimum Gasteiger partial charge on any atom is -0.308 e. The first-order valence-electron chi connectivity index (χ1n) is 16.6. The minimum atomic E-state index is 1.15. The third-order valence-corrected chi connectivity index (χ3v) is 12.0. The van der Waals surface area contributed by atoms with Crippen molar-refractivity contribution in [1.29, 1.82) is 0 Å². The molecule has 0 fully saturated rings. The first kappa shape index (κ1) is 28.3. The lowest BCUT2D eigenvalue weighted by molar-refractivity contribution is 1.32. The van der Waals surface area contributed by atoms with Crippen molar-refractivity contribution in [1.82, 2.24) is 0 Å². The molecular formula is C46H29NS2. The highest BCUT2D eigenvalue weighted by atomic mass is 32.1. The fourth-order valence-corrected chi connectivity index (χ4v) is 9.82. The summed E-state index contributed by atoms with van der Waals surface area (Å²) < 4.78 is 5.19. The molecule has 0 atom stereocenters. The van der Waals surface area contributed by atoms with Crippen molar-refractivity contribution in [3.63, 3.8) is 0 Å². The van der Waals surface area contributed by atoms with Gasteiger partial charge >= 0.3 is 0 Å². The van der Waals surface area contributed by atoms with Crippen LogP contribution in [0.5, 0.6) is 0 Å². The van der Waals surface area contributed by atoms with Crippen LogP contribution in [0.15, 0.2) is 176 Å². The number of anilines is 3. The summed E-state index contributed by atoms with van der Waals surface area (Å²) in [6.07, 6.45) is 0. The predicted octanol–water partition coefficient (Wildman–Crippen LogP) is 14.4. The fourth-order valence-electron chi connectivity index (χ4n) is 7.44. The molecule has 2 aromatic heterocycles. The SMILES string of the molecule is c1ccc(-c2ccc3c(sc4ccccc43)c2N(c2ccc3c(c2)sc2ccccc23)c2ccc(-c3ccccc3)c3ccccc23)cc1. The summed E-state index contributed by atoms with van der Waals surface area (Å²) in [5, 5.41) is 7.66. The third-order valence-electron chi connectivity index (χ3n) is 9.68. The highest BCUT2D eigenvalue weighted by molar-refractivity contribution is 7.26. The summed E-state index contributed by atoms with van der Waals surface area (Å²) in [6.45, 7) is 0. The van der Waals surface area contributed by atoms with Crippen molar-refractivity contribution in [2.24, 2.45) is 0 Å². The van der Waals surface area contributed by atoms with Crippen LogP contribution >= 0.6 is 22.7 Å². The van der Waals surface area contributed by atoms with E-state index in [1.807, 2.05) is 22.7 Å². The molecule has 10 aromatic rings. The van der Waals surface area contributed by atoms with E-state index in [2.05, 4.69) is 181 Å². The molecule has 8 aromatic carbocycles. The van der Waals surface area contributed by atoms with Crippen LogP contribution in [0.25, 0.3) is 73.4 Å². The number of thiophene rings is 2. The van der Waals surface area contributed by atoms with Crippen molar-refractivity contribution in [3.8, 4) is 22.3 Å². The largest absolute Gasteiger partial charge is 0.308 e. The van der Waals surface area contributed by atoms with Crippen LogP contribution in [-0.4, -0.2) is 0 Å². The molecule has 0 spiro atoms. The van der Waals surface area contributed by atoms with Gasteiger partial charge in [0, 0.05) is 52.3 Å². The highest BCUT2D eigenvalue weighted by Crippen LogP contribution is 2.52. The monoisotopic (exact) mass is 659 g/mol. The van der Waals surface area contributed by atoms with Crippen molar-refractivity contribution >= 4 is 90.9 Å². The average molecular weight is 660 g/mol. The Morgan fingerprint density at radius 3 is 1.61 bits per heavy atom. The molecule has 0 aliphatic carbocycles. The molecule has 0 aliphatic heterocycles. The third kappa shape index (κ3) is 4.58. The molecule has 0 aliphatic rings. The van der Waals surface area contributed by atoms with Gasteiger partial charge in [-0.15, -0.1) is 22.7 Å². The van der Waals surface area contributed by atoms with E-state index in [0.29, 0.717) is 0 Å². The van der Waals surface area contributed by atoms with Crippen LogP contribution in [0.4, 0.5) is 17.1 Å². The molecule has 0 saturated heterocycles. The summed E-state index contributed by atoms with van der Waals surface area (Å²) >= 11 is 3.76. The van der Waals surface area contributed by atoms with Gasteiger partial charge in [0.25, 0.3) is 0 Å². The van der Waals surface area contributed by atoms with Gasteiger partial charge in [0.05, 0.1) is 16.1 Å². The molecule has 49 heavy (non-hydrogen) atoms. The minimum absolute atomic E-state index is 1.15. The zero-order valence-corrected chi connectivity index (χ0v) is 28.1. The van der Waals surface area contributed by atoms with Crippen LogP contribution in [0.3, 0.4) is 0 Å². The predicted molar refractivity (Wildman–Crippen MR) is 215 cm³/mol. The number of fused-ring (bicyclic) bond motifs is 7. The van der Waals surface area contributed by atoms with Gasteiger partial charge in [-0.1, -0.05) is 146 Å². The second-order valence-corrected chi connectivity index (χ2v) is 14.6. The van der Waals surface area contributed by atoms with E-state index >= 15 is 0 Å². The highest BCUT2D eigenvalue weighted by Gasteiger charge is 2.25. The van der Waals surface area contributed by atoms with Crippen LogP contribution in [0, 0.1) is 0 Å². The molecule has 0 N–H and O–H groups in total. The zero-order chi connectivity index (χ0) is 32.3. The van der Waals surface area contributed by atoms with E-state index in [9.17, 15) is 0 Å². The molecule has 0 radical (unpaired) electrons. The number of nitrogens with zero attached hydrogens (tertiary/aromatic N) is 1. The number of hydrogen-bond acceptors (Lipinski definition) is 3. The van der Waals surface area contributed by atoms with Gasteiger partial charge in [0.1, 0.15) is 0 Å². The van der Waals surface area contributed by atoms with E-state index in [4.69, 9.17) is 0 Å². The summed E-state index contributed by atoms with van der Waals surface area (Å²) in [5.74, 6) is 0. The number of benzene rings is 8. The molecule has 230 valence electrons. The van der Waals surface area contributed by atoms with Crippen LogP contribution < -0.4 is 4.90 Å². The zero-order valence-electron chi connectivity index (χ0n) is 26.5. The fraction of sp³-hybridized carbons (Fsp3) is 0. The van der Waals surface area contributed by atoms with Crippen molar-refractivity contribution < 1.29 is 0 Å². The van der Waals surface area contributed by atoms with E-state index < -0.39 is 0 Å². The molecule has 0 saturated carbocycles. The summed E-state index contributed by atoms with van der Waals surface area (Å²) in [4.78, 5) is 2.54. The van der Waals surface area contributed by atoms with Crippen LogP contribution in [0.2, 0.25) is 0 Å². The lowest BCUT2D eigenvalue weighted by Gasteiger charge is -2.30.